The summed E-state index contributed by atoms with van der Waals surface area (Å²) in [6.07, 6.45) is 7.45. The van der Waals surface area contributed by atoms with Crippen LogP contribution in [0.2, 0.25) is 0 Å². The molecule has 1 amide bonds. The van der Waals surface area contributed by atoms with Gasteiger partial charge in [0.15, 0.2) is 0 Å². The third kappa shape index (κ3) is 6.23. The van der Waals surface area contributed by atoms with Gasteiger partial charge < -0.3 is 9.64 Å². The topological polar surface area (TPSA) is 29.5 Å². The molecular formula is C17H23NO2. The van der Waals surface area contributed by atoms with E-state index in [2.05, 4.69) is 12.7 Å². The molecule has 0 aliphatic carbocycles. The fourth-order valence-corrected chi connectivity index (χ4v) is 1.79. The minimum Gasteiger partial charge on any atom is -0.445 e. The summed E-state index contributed by atoms with van der Waals surface area (Å²) in [4.78, 5) is 13.7. The quantitative estimate of drug-likeness (QED) is 0.525. The lowest BCUT2D eigenvalue weighted by Crippen LogP contribution is -2.32. The smallest absolute Gasteiger partial charge is 0.410 e. The molecule has 0 aliphatic heterocycles. The third-order valence-electron chi connectivity index (χ3n) is 2.85. The van der Waals surface area contributed by atoms with Crippen molar-refractivity contribution in [1.82, 2.24) is 4.90 Å². The van der Waals surface area contributed by atoms with Crippen molar-refractivity contribution in [2.45, 2.75) is 26.4 Å². The van der Waals surface area contributed by atoms with E-state index in [1.165, 1.54) is 0 Å². The molecule has 0 spiro atoms. The van der Waals surface area contributed by atoms with E-state index in [0.29, 0.717) is 19.7 Å². The van der Waals surface area contributed by atoms with Gasteiger partial charge in [0.05, 0.1) is 0 Å². The van der Waals surface area contributed by atoms with Crippen LogP contribution in [0.15, 0.2) is 55.1 Å². The molecule has 1 aromatic rings. The van der Waals surface area contributed by atoms with Crippen molar-refractivity contribution in [2.24, 2.45) is 0 Å². The minimum atomic E-state index is -0.283. The average Bonchev–Trinajstić information content (AvgIpc) is 2.49. The first-order valence-corrected chi connectivity index (χ1v) is 6.95. The summed E-state index contributed by atoms with van der Waals surface area (Å²) in [5.74, 6) is 0. The lowest BCUT2D eigenvalue weighted by atomic mass is 10.2. The Morgan fingerprint density at radius 1 is 1.35 bits per heavy atom. The van der Waals surface area contributed by atoms with E-state index in [4.69, 9.17) is 4.74 Å². The van der Waals surface area contributed by atoms with Crippen LogP contribution >= 0.6 is 0 Å². The molecule has 1 aromatic carbocycles. The number of hydrogen-bond donors (Lipinski definition) is 0. The zero-order chi connectivity index (χ0) is 14.6. The van der Waals surface area contributed by atoms with Crippen LogP contribution in [0, 0.1) is 0 Å². The molecule has 0 radical (unpaired) electrons. The zero-order valence-corrected chi connectivity index (χ0v) is 12.1. The van der Waals surface area contributed by atoms with E-state index in [-0.39, 0.29) is 6.09 Å². The van der Waals surface area contributed by atoms with E-state index in [1.54, 1.807) is 11.0 Å². The number of rotatable bonds is 8. The van der Waals surface area contributed by atoms with Crippen LogP contribution in [0.4, 0.5) is 4.79 Å². The molecule has 0 atom stereocenters. The van der Waals surface area contributed by atoms with E-state index in [9.17, 15) is 4.79 Å². The molecule has 20 heavy (non-hydrogen) atoms. The van der Waals surface area contributed by atoms with E-state index in [0.717, 1.165) is 18.4 Å². The first kappa shape index (κ1) is 16.0. The van der Waals surface area contributed by atoms with Gasteiger partial charge in [-0.1, -0.05) is 48.6 Å². The number of benzene rings is 1. The van der Waals surface area contributed by atoms with Gasteiger partial charge in [0.25, 0.3) is 0 Å². The monoisotopic (exact) mass is 273 g/mol. The number of hydrogen-bond acceptors (Lipinski definition) is 2. The Balaban J connectivity index is 2.40. The summed E-state index contributed by atoms with van der Waals surface area (Å²) < 4.78 is 5.32. The highest BCUT2D eigenvalue weighted by atomic mass is 16.6. The summed E-state index contributed by atoms with van der Waals surface area (Å²) >= 11 is 0. The Hall–Kier alpha value is -2.03. The van der Waals surface area contributed by atoms with Crippen LogP contribution < -0.4 is 0 Å². The van der Waals surface area contributed by atoms with Gasteiger partial charge in [0.1, 0.15) is 6.61 Å². The first-order chi connectivity index (χ1) is 9.77. The minimum absolute atomic E-state index is 0.283. The molecule has 0 bridgehead atoms. The highest BCUT2D eigenvalue weighted by Gasteiger charge is 2.12. The Labute approximate surface area is 121 Å². The summed E-state index contributed by atoms with van der Waals surface area (Å²) in [7, 11) is 0. The van der Waals surface area contributed by atoms with E-state index < -0.39 is 0 Å². The van der Waals surface area contributed by atoms with Gasteiger partial charge in [0.2, 0.25) is 0 Å². The predicted octanol–water partition coefficient (Wildman–Crippen LogP) is 4.17. The lowest BCUT2D eigenvalue weighted by Gasteiger charge is -2.20. The van der Waals surface area contributed by atoms with Crippen molar-refractivity contribution in [3.05, 3.63) is 60.7 Å². The highest BCUT2D eigenvalue weighted by Crippen LogP contribution is 2.05. The maximum Gasteiger partial charge on any atom is 0.410 e. The summed E-state index contributed by atoms with van der Waals surface area (Å²) in [6.45, 7) is 7.19. The van der Waals surface area contributed by atoms with Crippen molar-refractivity contribution in [3.8, 4) is 0 Å². The second kappa shape index (κ2) is 9.84. The van der Waals surface area contributed by atoms with Crippen LogP contribution in [0.1, 0.15) is 25.3 Å². The van der Waals surface area contributed by atoms with Gasteiger partial charge in [-0.2, -0.15) is 0 Å². The van der Waals surface area contributed by atoms with Gasteiger partial charge in [-0.05, 0) is 25.3 Å². The second-order valence-corrected chi connectivity index (χ2v) is 4.49. The van der Waals surface area contributed by atoms with Crippen LogP contribution in [0.25, 0.3) is 0 Å². The molecule has 0 unspecified atom stereocenters. The van der Waals surface area contributed by atoms with Crippen LogP contribution in [0.5, 0.6) is 0 Å². The number of amides is 1. The van der Waals surface area contributed by atoms with Crippen molar-refractivity contribution < 1.29 is 9.53 Å². The van der Waals surface area contributed by atoms with Crippen LogP contribution in [-0.4, -0.2) is 24.1 Å². The summed E-state index contributed by atoms with van der Waals surface area (Å²) in [6, 6.07) is 9.69. The Morgan fingerprint density at radius 2 is 2.10 bits per heavy atom. The SMILES string of the molecule is C=CCN(CCCC=CC)C(=O)OCc1ccccc1. The second-order valence-electron chi connectivity index (χ2n) is 4.49. The lowest BCUT2D eigenvalue weighted by molar-refractivity contribution is 0.0997. The molecule has 3 nitrogen and oxygen atoms in total. The van der Waals surface area contributed by atoms with Gasteiger partial charge in [-0.3, -0.25) is 0 Å². The van der Waals surface area contributed by atoms with Crippen molar-refractivity contribution >= 4 is 6.09 Å². The fourth-order valence-electron chi connectivity index (χ4n) is 1.79. The molecule has 108 valence electrons. The number of carbonyl (C=O) groups excluding carboxylic acids is 1. The maximum atomic E-state index is 12.0. The number of allylic oxidation sites excluding steroid dienone is 2. The molecule has 0 heterocycles. The molecule has 0 fully saturated rings. The first-order valence-electron chi connectivity index (χ1n) is 6.95. The van der Waals surface area contributed by atoms with E-state index >= 15 is 0 Å². The molecule has 0 saturated heterocycles. The van der Waals surface area contributed by atoms with Crippen molar-refractivity contribution in [2.75, 3.05) is 13.1 Å². The molecule has 0 aromatic heterocycles. The van der Waals surface area contributed by atoms with Gasteiger partial charge >= 0.3 is 6.09 Å². The summed E-state index contributed by atoms with van der Waals surface area (Å²) in [5.41, 5.74) is 0.994. The maximum absolute atomic E-state index is 12.0. The molecule has 0 saturated carbocycles. The molecule has 1 rings (SSSR count). The normalized spacial score (nSPS) is 10.4. The number of unbranched alkanes of at least 4 members (excludes halogenated alkanes) is 1. The standard InChI is InChI=1S/C17H23NO2/c1-3-5-6-10-14-18(13-4-2)17(19)20-15-16-11-8-7-9-12-16/h3-5,7-9,11-12H,2,6,10,13-15H2,1H3. The van der Waals surface area contributed by atoms with Gasteiger partial charge in [0, 0.05) is 13.1 Å². The zero-order valence-electron chi connectivity index (χ0n) is 12.1. The van der Waals surface area contributed by atoms with Crippen LogP contribution in [-0.2, 0) is 11.3 Å². The van der Waals surface area contributed by atoms with Crippen molar-refractivity contribution in [3.63, 3.8) is 0 Å². The summed E-state index contributed by atoms with van der Waals surface area (Å²) in [5, 5.41) is 0. The Bertz CT molecular complexity index is 426. The molecule has 3 heteroatoms. The predicted molar refractivity (Wildman–Crippen MR) is 82.4 cm³/mol. The largest absolute Gasteiger partial charge is 0.445 e. The number of carbonyl (C=O) groups is 1. The van der Waals surface area contributed by atoms with E-state index in [1.807, 2.05) is 43.3 Å². The number of nitrogens with zero attached hydrogens (tertiary/aromatic N) is 1. The molecule has 0 aliphatic rings. The Kier molecular flexibility index (Phi) is 7.89. The van der Waals surface area contributed by atoms with Crippen molar-refractivity contribution in [1.29, 1.82) is 0 Å². The van der Waals surface area contributed by atoms with Gasteiger partial charge in [-0.25, -0.2) is 4.79 Å². The number of ether oxygens (including phenoxy) is 1. The highest BCUT2D eigenvalue weighted by molar-refractivity contribution is 5.67. The molecule has 0 N–H and O–H groups in total. The Morgan fingerprint density at radius 3 is 2.75 bits per heavy atom. The van der Waals surface area contributed by atoms with Gasteiger partial charge in [-0.15, -0.1) is 6.58 Å². The third-order valence-corrected chi connectivity index (χ3v) is 2.85. The van der Waals surface area contributed by atoms with Crippen LogP contribution in [0.3, 0.4) is 0 Å². The molecular weight excluding hydrogens is 250 g/mol. The average molecular weight is 273 g/mol. The fraction of sp³-hybridized carbons (Fsp3) is 0.353.